The Bertz CT molecular complexity index is 1250. The Morgan fingerprint density at radius 1 is 1.06 bits per heavy atom. The number of amides is 1. The van der Waals surface area contributed by atoms with E-state index in [1.54, 1.807) is 10.9 Å². The molecule has 1 aliphatic rings. The molecule has 1 amide bonds. The molecule has 9 heteroatoms. The summed E-state index contributed by atoms with van der Waals surface area (Å²) in [7, 11) is 1.89. The first-order valence-corrected chi connectivity index (χ1v) is 10.9. The number of piperidine rings is 1. The normalized spacial score (nSPS) is 15.3. The lowest BCUT2D eigenvalue weighted by atomic mass is 10.1. The number of carbonyl (C=O) groups excluding carboxylic acids is 1. The number of fused-ring (bicyclic) bond motifs is 1. The highest BCUT2D eigenvalue weighted by Crippen LogP contribution is 2.25. The Balaban J connectivity index is 1.31. The van der Waals surface area contributed by atoms with E-state index in [0.717, 1.165) is 54.5 Å². The van der Waals surface area contributed by atoms with Crippen LogP contribution in [-0.4, -0.2) is 60.2 Å². The zero-order chi connectivity index (χ0) is 22.1. The zero-order valence-corrected chi connectivity index (χ0v) is 18.3. The number of hydrogen-bond acceptors (Lipinski definition) is 6. The van der Waals surface area contributed by atoms with Gasteiger partial charge in [0.05, 0.1) is 29.5 Å². The summed E-state index contributed by atoms with van der Waals surface area (Å²) in [6, 6.07) is 8.11. The smallest absolute Gasteiger partial charge is 0.260 e. The molecule has 0 aliphatic carbocycles. The third kappa shape index (κ3) is 4.11. The minimum Gasteiger partial charge on any atom is -0.305 e. The third-order valence-corrected chi connectivity index (χ3v) is 6.11. The van der Waals surface area contributed by atoms with Gasteiger partial charge in [0, 0.05) is 43.5 Å². The second kappa shape index (κ2) is 8.51. The Morgan fingerprint density at radius 2 is 1.91 bits per heavy atom. The SMILES string of the molecule is CCN1CCC(n2cc(C(=O)Nc3cc4cc(-c5cnn(C)c5)ccc4nn3)cn2)CC1. The topological polar surface area (TPSA) is 93.8 Å². The Morgan fingerprint density at radius 3 is 2.66 bits per heavy atom. The molecule has 1 saturated heterocycles. The second-order valence-electron chi connectivity index (χ2n) is 8.23. The fourth-order valence-corrected chi connectivity index (χ4v) is 4.20. The molecular weight excluding hydrogens is 404 g/mol. The monoisotopic (exact) mass is 430 g/mol. The van der Waals surface area contributed by atoms with E-state index in [0.29, 0.717) is 17.4 Å². The minimum atomic E-state index is -0.237. The molecule has 9 nitrogen and oxygen atoms in total. The van der Waals surface area contributed by atoms with Crippen molar-refractivity contribution < 1.29 is 4.79 Å². The van der Waals surface area contributed by atoms with E-state index in [1.807, 2.05) is 54.6 Å². The number of likely N-dealkylation sites (tertiary alicyclic amines) is 1. The predicted octanol–water partition coefficient (Wildman–Crippen LogP) is 3.14. The quantitative estimate of drug-likeness (QED) is 0.523. The van der Waals surface area contributed by atoms with Crippen LogP contribution in [0.1, 0.15) is 36.2 Å². The van der Waals surface area contributed by atoms with E-state index >= 15 is 0 Å². The molecule has 1 aliphatic heterocycles. The van der Waals surface area contributed by atoms with Crippen LogP contribution in [-0.2, 0) is 7.05 Å². The van der Waals surface area contributed by atoms with Crippen LogP contribution < -0.4 is 5.32 Å². The molecule has 0 unspecified atom stereocenters. The van der Waals surface area contributed by atoms with Crippen LogP contribution in [0, 0.1) is 0 Å². The highest BCUT2D eigenvalue weighted by atomic mass is 16.1. The number of anilines is 1. The Labute approximate surface area is 186 Å². The number of nitrogens with one attached hydrogen (secondary N) is 1. The Hall–Kier alpha value is -3.59. The van der Waals surface area contributed by atoms with Gasteiger partial charge in [-0.15, -0.1) is 10.2 Å². The Kier molecular flexibility index (Phi) is 5.40. The third-order valence-electron chi connectivity index (χ3n) is 6.11. The van der Waals surface area contributed by atoms with Crippen LogP contribution in [0.3, 0.4) is 0 Å². The van der Waals surface area contributed by atoms with Crippen LogP contribution >= 0.6 is 0 Å². The molecule has 32 heavy (non-hydrogen) atoms. The van der Waals surface area contributed by atoms with E-state index in [-0.39, 0.29) is 5.91 Å². The van der Waals surface area contributed by atoms with Crippen molar-refractivity contribution >= 4 is 22.6 Å². The fraction of sp³-hybridized carbons (Fsp3) is 0.348. The van der Waals surface area contributed by atoms with Gasteiger partial charge in [0.15, 0.2) is 5.82 Å². The predicted molar refractivity (Wildman–Crippen MR) is 122 cm³/mol. The van der Waals surface area contributed by atoms with Crippen LogP contribution in [0.15, 0.2) is 49.1 Å². The molecule has 1 N–H and O–H groups in total. The molecule has 4 heterocycles. The lowest BCUT2D eigenvalue weighted by Crippen LogP contribution is -2.34. The van der Waals surface area contributed by atoms with Crippen molar-refractivity contribution in [1.29, 1.82) is 0 Å². The average molecular weight is 431 g/mol. The van der Waals surface area contributed by atoms with Gasteiger partial charge in [0.1, 0.15) is 0 Å². The molecular formula is C23H26N8O. The highest BCUT2D eigenvalue weighted by molar-refractivity contribution is 6.04. The average Bonchev–Trinajstić information content (AvgIpc) is 3.48. The van der Waals surface area contributed by atoms with Gasteiger partial charge < -0.3 is 10.2 Å². The maximum Gasteiger partial charge on any atom is 0.260 e. The van der Waals surface area contributed by atoms with E-state index in [4.69, 9.17) is 0 Å². The van der Waals surface area contributed by atoms with Crippen molar-refractivity contribution in [3.05, 3.63) is 54.6 Å². The number of benzene rings is 1. The lowest BCUT2D eigenvalue weighted by molar-refractivity contribution is 0.102. The van der Waals surface area contributed by atoms with Crippen LogP contribution in [0.2, 0.25) is 0 Å². The maximum absolute atomic E-state index is 12.8. The number of aromatic nitrogens is 6. The van der Waals surface area contributed by atoms with Crippen LogP contribution in [0.5, 0.6) is 0 Å². The van der Waals surface area contributed by atoms with Gasteiger partial charge in [-0.1, -0.05) is 13.0 Å². The molecule has 5 rings (SSSR count). The summed E-state index contributed by atoms with van der Waals surface area (Å²) >= 11 is 0. The number of carbonyl (C=O) groups is 1. The number of hydrogen-bond donors (Lipinski definition) is 1. The molecule has 164 valence electrons. The van der Waals surface area contributed by atoms with Gasteiger partial charge in [0.25, 0.3) is 5.91 Å². The maximum atomic E-state index is 12.8. The van der Waals surface area contributed by atoms with Gasteiger partial charge in [0.2, 0.25) is 0 Å². The van der Waals surface area contributed by atoms with Crippen LogP contribution in [0.4, 0.5) is 5.82 Å². The van der Waals surface area contributed by atoms with Crippen molar-refractivity contribution in [3.8, 4) is 11.1 Å². The number of aryl methyl sites for hydroxylation is 1. The molecule has 0 spiro atoms. The van der Waals surface area contributed by atoms with Gasteiger partial charge >= 0.3 is 0 Å². The minimum absolute atomic E-state index is 0.237. The lowest BCUT2D eigenvalue weighted by Gasteiger charge is -2.31. The summed E-state index contributed by atoms with van der Waals surface area (Å²) in [6.07, 6.45) is 9.33. The summed E-state index contributed by atoms with van der Waals surface area (Å²) < 4.78 is 3.69. The summed E-state index contributed by atoms with van der Waals surface area (Å²) in [6.45, 7) is 5.40. The van der Waals surface area contributed by atoms with Gasteiger partial charge in [-0.25, -0.2) is 0 Å². The zero-order valence-electron chi connectivity index (χ0n) is 18.3. The second-order valence-corrected chi connectivity index (χ2v) is 8.23. The van der Waals surface area contributed by atoms with E-state index in [2.05, 4.69) is 37.5 Å². The molecule has 0 bridgehead atoms. The van der Waals surface area contributed by atoms with Crippen molar-refractivity contribution in [1.82, 2.24) is 34.7 Å². The van der Waals surface area contributed by atoms with Crippen molar-refractivity contribution in [2.75, 3.05) is 25.0 Å². The molecule has 1 fully saturated rings. The van der Waals surface area contributed by atoms with Gasteiger partial charge in [-0.3, -0.25) is 14.2 Å². The van der Waals surface area contributed by atoms with E-state index < -0.39 is 0 Å². The van der Waals surface area contributed by atoms with Crippen molar-refractivity contribution in [2.45, 2.75) is 25.8 Å². The molecule has 4 aromatic rings. The number of rotatable bonds is 5. The van der Waals surface area contributed by atoms with Gasteiger partial charge in [-0.05, 0) is 43.1 Å². The first-order valence-electron chi connectivity index (χ1n) is 10.9. The first-order chi connectivity index (χ1) is 15.6. The van der Waals surface area contributed by atoms with E-state index in [1.165, 1.54) is 0 Å². The fourth-order valence-electron chi connectivity index (χ4n) is 4.20. The van der Waals surface area contributed by atoms with Crippen molar-refractivity contribution in [2.24, 2.45) is 7.05 Å². The molecule has 1 aromatic carbocycles. The first kappa shape index (κ1) is 20.3. The molecule has 0 saturated carbocycles. The number of nitrogens with zero attached hydrogens (tertiary/aromatic N) is 7. The summed E-state index contributed by atoms with van der Waals surface area (Å²) in [4.78, 5) is 15.2. The summed E-state index contributed by atoms with van der Waals surface area (Å²) in [5, 5.41) is 20.8. The molecule has 0 radical (unpaired) electrons. The standard InChI is InChI=1S/C23H26N8O/c1-3-30-8-6-20(7-9-30)31-15-19(13-25-31)23(32)26-22-11-17-10-16(4-5-21(17)27-28-22)18-12-24-29(2)14-18/h4-5,10-15,20H,3,6-9H2,1-2H3,(H,26,28,32). The highest BCUT2D eigenvalue weighted by Gasteiger charge is 2.21. The van der Waals surface area contributed by atoms with Crippen LogP contribution in [0.25, 0.3) is 22.0 Å². The largest absolute Gasteiger partial charge is 0.305 e. The van der Waals surface area contributed by atoms with Crippen molar-refractivity contribution in [3.63, 3.8) is 0 Å². The molecule has 0 atom stereocenters. The molecule has 3 aromatic heterocycles. The van der Waals surface area contributed by atoms with E-state index in [9.17, 15) is 4.79 Å². The summed E-state index contributed by atoms with van der Waals surface area (Å²) in [5.41, 5.74) is 3.34. The summed E-state index contributed by atoms with van der Waals surface area (Å²) in [5.74, 6) is 0.175. The van der Waals surface area contributed by atoms with Gasteiger partial charge in [-0.2, -0.15) is 10.2 Å².